The lowest BCUT2D eigenvalue weighted by atomic mass is 10.1. The third kappa shape index (κ3) is 5.61. The number of halogens is 2. The van der Waals surface area contributed by atoms with Crippen LogP contribution < -0.4 is 4.74 Å². The van der Waals surface area contributed by atoms with Crippen LogP contribution in [0.5, 0.6) is 5.75 Å². The second kappa shape index (κ2) is 11.8. The van der Waals surface area contributed by atoms with Crippen molar-refractivity contribution >= 4 is 43.7 Å². The molecule has 3 aromatic rings. The molecular weight excluding hydrogens is 558 g/mol. The van der Waals surface area contributed by atoms with Crippen LogP contribution in [0.1, 0.15) is 59.2 Å². The SMILES string of the molecule is O=C1c2ccccc2C(=O)N1CCCCCCCCOc1ccc(Br)c(-c2ccccc2)c1Br. The number of unbranched alkanes of at least 4 members (excludes halogenated alkanes) is 5. The highest BCUT2D eigenvalue weighted by Crippen LogP contribution is 2.40. The van der Waals surface area contributed by atoms with E-state index in [0.29, 0.717) is 24.3 Å². The number of imide groups is 1. The molecule has 0 aromatic heterocycles. The zero-order chi connectivity index (χ0) is 23.9. The van der Waals surface area contributed by atoms with Gasteiger partial charge in [-0.1, -0.05) is 84.1 Å². The lowest BCUT2D eigenvalue weighted by Crippen LogP contribution is -2.30. The maximum absolute atomic E-state index is 12.4. The average molecular weight is 585 g/mol. The zero-order valence-electron chi connectivity index (χ0n) is 18.9. The minimum absolute atomic E-state index is 0.160. The van der Waals surface area contributed by atoms with E-state index < -0.39 is 0 Å². The molecule has 0 bridgehead atoms. The highest BCUT2D eigenvalue weighted by molar-refractivity contribution is 9.11. The molecule has 0 fully saturated rings. The molecule has 0 N–H and O–H groups in total. The van der Waals surface area contributed by atoms with Crippen molar-refractivity contribution in [1.82, 2.24) is 4.90 Å². The van der Waals surface area contributed by atoms with Crippen LogP contribution in [0.2, 0.25) is 0 Å². The van der Waals surface area contributed by atoms with E-state index in [-0.39, 0.29) is 11.8 Å². The van der Waals surface area contributed by atoms with Crippen LogP contribution in [0.3, 0.4) is 0 Å². The first-order valence-electron chi connectivity index (χ1n) is 11.7. The van der Waals surface area contributed by atoms with Gasteiger partial charge in [-0.25, -0.2) is 0 Å². The molecule has 1 aliphatic rings. The van der Waals surface area contributed by atoms with Gasteiger partial charge < -0.3 is 4.74 Å². The zero-order valence-corrected chi connectivity index (χ0v) is 22.1. The Bertz CT molecular complexity index is 1130. The minimum atomic E-state index is -0.160. The molecule has 176 valence electrons. The second-order valence-corrected chi connectivity index (χ2v) is 10.0. The highest BCUT2D eigenvalue weighted by Gasteiger charge is 2.34. The van der Waals surface area contributed by atoms with Crippen LogP contribution >= 0.6 is 31.9 Å². The van der Waals surface area contributed by atoms with Gasteiger partial charge in [0.2, 0.25) is 0 Å². The Balaban J connectivity index is 1.14. The second-order valence-electron chi connectivity index (χ2n) is 8.38. The molecule has 4 nitrogen and oxygen atoms in total. The van der Waals surface area contributed by atoms with E-state index in [9.17, 15) is 9.59 Å². The average Bonchev–Trinajstić information content (AvgIpc) is 3.10. The van der Waals surface area contributed by atoms with Crippen LogP contribution in [-0.4, -0.2) is 29.9 Å². The fourth-order valence-corrected chi connectivity index (χ4v) is 5.73. The maximum Gasteiger partial charge on any atom is 0.261 e. The lowest BCUT2D eigenvalue weighted by molar-refractivity contribution is 0.0651. The summed E-state index contributed by atoms with van der Waals surface area (Å²) in [5, 5.41) is 0. The number of carbonyl (C=O) groups excluding carboxylic acids is 2. The van der Waals surface area contributed by atoms with Gasteiger partial charge in [0.1, 0.15) is 5.75 Å². The first-order chi connectivity index (χ1) is 16.6. The lowest BCUT2D eigenvalue weighted by Gasteiger charge is -2.14. The molecule has 4 rings (SSSR count). The van der Waals surface area contributed by atoms with Crippen molar-refractivity contribution in [3.8, 4) is 16.9 Å². The van der Waals surface area contributed by atoms with Crippen LogP contribution in [0, 0.1) is 0 Å². The van der Waals surface area contributed by atoms with Gasteiger partial charge in [0.15, 0.2) is 0 Å². The molecule has 0 aliphatic carbocycles. The molecule has 0 unspecified atom stereocenters. The molecule has 34 heavy (non-hydrogen) atoms. The van der Waals surface area contributed by atoms with E-state index in [0.717, 1.165) is 64.3 Å². The van der Waals surface area contributed by atoms with Crippen LogP contribution in [0.4, 0.5) is 0 Å². The van der Waals surface area contributed by atoms with Gasteiger partial charge in [0.25, 0.3) is 11.8 Å². The smallest absolute Gasteiger partial charge is 0.261 e. The van der Waals surface area contributed by atoms with Crippen LogP contribution in [0.15, 0.2) is 75.7 Å². The number of amides is 2. The van der Waals surface area contributed by atoms with Crippen molar-refractivity contribution in [1.29, 1.82) is 0 Å². The molecule has 0 radical (unpaired) electrons. The summed E-state index contributed by atoms with van der Waals surface area (Å²) in [6.07, 6.45) is 6.13. The quantitative estimate of drug-likeness (QED) is 0.170. The largest absolute Gasteiger partial charge is 0.492 e. The number of carbonyl (C=O) groups is 2. The predicted molar refractivity (Wildman–Crippen MR) is 142 cm³/mol. The highest BCUT2D eigenvalue weighted by atomic mass is 79.9. The van der Waals surface area contributed by atoms with Crippen molar-refractivity contribution in [2.75, 3.05) is 13.2 Å². The normalized spacial score (nSPS) is 12.8. The van der Waals surface area contributed by atoms with Crippen molar-refractivity contribution in [2.24, 2.45) is 0 Å². The predicted octanol–water partition coefficient (Wildman–Crippen LogP) is 7.89. The first-order valence-corrected chi connectivity index (χ1v) is 13.3. The van der Waals surface area contributed by atoms with Gasteiger partial charge in [-0.2, -0.15) is 0 Å². The molecule has 0 spiro atoms. The van der Waals surface area contributed by atoms with E-state index in [1.54, 1.807) is 24.3 Å². The molecular formula is C28H27Br2NO3. The number of fused-ring (bicyclic) bond motifs is 1. The Kier molecular flexibility index (Phi) is 8.57. The molecule has 1 heterocycles. The summed E-state index contributed by atoms with van der Waals surface area (Å²) in [6.45, 7) is 1.17. The summed E-state index contributed by atoms with van der Waals surface area (Å²) in [5.41, 5.74) is 3.28. The van der Waals surface area contributed by atoms with Gasteiger partial charge in [-0.3, -0.25) is 14.5 Å². The molecule has 1 aliphatic heterocycles. The van der Waals surface area contributed by atoms with Crippen molar-refractivity contribution < 1.29 is 14.3 Å². The maximum atomic E-state index is 12.4. The fourth-order valence-electron chi connectivity index (χ4n) is 4.22. The minimum Gasteiger partial charge on any atom is -0.492 e. The molecule has 0 saturated heterocycles. The summed E-state index contributed by atoms with van der Waals surface area (Å²) < 4.78 is 8.04. The van der Waals surface area contributed by atoms with Crippen LogP contribution in [0.25, 0.3) is 11.1 Å². The first kappa shape index (κ1) is 24.7. The summed E-state index contributed by atoms with van der Waals surface area (Å²) in [6, 6.07) is 21.3. The number of hydrogen-bond donors (Lipinski definition) is 0. The Labute approximate surface area is 217 Å². The third-order valence-electron chi connectivity index (χ3n) is 6.03. The van der Waals surface area contributed by atoms with Crippen molar-refractivity contribution in [3.63, 3.8) is 0 Å². The van der Waals surface area contributed by atoms with E-state index >= 15 is 0 Å². The van der Waals surface area contributed by atoms with E-state index in [1.165, 1.54) is 4.90 Å². The van der Waals surface area contributed by atoms with E-state index in [4.69, 9.17) is 4.74 Å². The Morgan fingerprint density at radius 3 is 1.94 bits per heavy atom. The molecule has 6 heteroatoms. The number of hydrogen-bond acceptors (Lipinski definition) is 3. The summed E-state index contributed by atoms with van der Waals surface area (Å²) in [5.74, 6) is 0.530. The van der Waals surface area contributed by atoms with Gasteiger partial charge in [-0.05, 0) is 58.6 Å². The monoisotopic (exact) mass is 583 g/mol. The molecule has 2 amide bonds. The standard InChI is InChI=1S/C28H27Br2NO3/c29-23-16-17-24(26(30)25(23)20-12-6-5-7-13-20)34-19-11-4-2-1-3-10-18-31-27(32)21-14-8-9-15-22(21)28(31)33/h5-9,12-17H,1-4,10-11,18-19H2. The molecule has 3 aromatic carbocycles. The van der Waals surface area contributed by atoms with Crippen LogP contribution in [-0.2, 0) is 0 Å². The Morgan fingerprint density at radius 2 is 1.26 bits per heavy atom. The van der Waals surface area contributed by atoms with E-state index in [1.807, 2.05) is 30.3 Å². The van der Waals surface area contributed by atoms with E-state index in [2.05, 4.69) is 44.0 Å². The number of nitrogens with zero attached hydrogens (tertiary/aromatic N) is 1. The van der Waals surface area contributed by atoms with Gasteiger partial charge in [0.05, 0.1) is 22.2 Å². The summed E-state index contributed by atoms with van der Waals surface area (Å²) in [4.78, 5) is 26.2. The van der Waals surface area contributed by atoms with Gasteiger partial charge in [0, 0.05) is 16.6 Å². The van der Waals surface area contributed by atoms with Crippen molar-refractivity contribution in [3.05, 3.63) is 86.8 Å². The Morgan fingerprint density at radius 1 is 0.676 bits per heavy atom. The third-order valence-corrected chi connectivity index (χ3v) is 7.48. The molecule has 0 atom stereocenters. The summed E-state index contributed by atoms with van der Waals surface area (Å²) >= 11 is 7.37. The number of rotatable bonds is 11. The molecule has 0 saturated carbocycles. The summed E-state index contributed by atoms with van der Waals surface area (Å²) in [7, 11) is 0. The van der Waals surface area contributed by atoms with Gasteiger partial charge >= 0.3 is 0 Å². The topological polar surface area (TPSA) is 46.6 Å². The number of benzene rings is 3. The Hall–Kier alpha value is -2.44. The fraction of sp³-hybridized carbons (Fsp3) is 0.286. The number of ether oxygens (including phenoxy) is 1. The van der Waals surface area contributed by atoms with Crippen molar-refractivity contribution in [2.45, 2.75) is 38.5 Å². The van der Waals surface area contributed by atoms with Gasteiger partial charge in [-0.15, -0.1) is 0 Å².